The Labute approximate surface area is 231 Å². The standard InChI is InChI=1S/C30H28ClNO5S/c1-4-36-28(34)30(29(35)37-5-2)24(25(33)20-9-7-6-8-10-20)26(21-13-15-22(31)16-14-21)38-27(30)32-23-17-11-19(3)12-18-23/h6-18,24,26H,4-5H2,1-3H3/t24-,26-/m1/s1. The Hall–Kier alpha value is -3.42. The number of aryl methyl sites for hydroxylation is 1. The summed E-state index contributed by atoms with van der Waals surface area (Å²) in [7, 11) is 0. The SMILES string of the molecule is CCOC(=O)C1(C(=O)OCC)C(=Nc2ccc(C)cc2)S[C@H](c2ccc(Cl)cc2)[C@H]1C(=O)c1ccccc1. The Morgan fingerprint density at radius 3 is 2.00 bits per heavy atom. The van der Waals surface area contributed by atoms with Crippen LogP contribution in [0, 0.1) is 18.3 Å². The number of ether oxygens (including phenoxy) is 2. The number of halogens is 1. The van der Waals surface area contributed by atoms with Crippen molar-refractivity contribution in [3.05, 3.63) is 101 Å². The lowest BCUT2D eigenvalue weighted by atomic mass is 9.69. The third-order valence-electron chi connectivity index (χ3n) is 6.34. The number of ketones is 1. The molecule has 2 atom stereocenters. The van der Waals surface area contributed by atoms with Gasteiger partial charge in [-0.2, -0.15) is 0 Å². The number of carbonyl (C=O) groups is 3. The number of hydrogen-bond donors (Lipinski definition) is 0. The molecule has 0 bridgehead atoms. The number of hydrogen-bond acceptors (Lipinski definition) is 7. The van der Waals surface area contributed by atoms with Gasteiger partial charge in [-0.15, -0.1) is 0 Å². The molecule has 0 amide bonds. The largest absolute Gasteiger partial charge is 0.465 e. The van der Waals surface area contributed by atoms with Crippen LogP contribution in [0.5, 0.6) is 0 Å². The molecule has 0 saturated carbocycles. The molecular formula is C30H28ClNO5S. The van der Waals surface area contributed by atoms with Gasteiger partial charge in [0.15, 0.2) is 5.78 Å². The lowest BCUT2D eigenvalue weighted by molar-refractivity contribution is -0.168. The van der Waals surface area contributed by atoms with E-state index in [4.69, 9.17) is 26.1 Å². The molecule has 1 heterocycles. The van der Waals surface area contributed by atoms with Crippen molar-refractivity contribution in [3.8, 4) is 0 Å². The molecule has 1 aliphatic rings. The molecule has 0 unspecified atom stereocenters. The molecule has 8 heteroatoms. The lowest BCUT2D eigenvalue weighted by Crippen LogP contribution is -2.52. The van der Waals surface area contributed by atoms with Crippen molar-refractivity contribution in [3.63, 3.8) is 0 Å². The molecule has 196 valence electrons. The summed E-state index contributed by atoms with van der Waals surface area (Å²) in [6, 6.07) is 23.0. The molecule has 0 N–H and O–H groups in total. The van der Waals surface area contributed by atoms with E-state index in [1.165, 1.54) is 11.8 Å². The summed E-state index contributed by atoms with van der Waals surface area (Å²) in [4.78, 5) is 46.9. The van der Waals surface area contributed by atoms with E-state index in [0.29, 0.717) is 16.3 Å². The molecule has 3 aromatic rings. The molecule has 3 aromatic carbocycles. The first-order valence-corrected chi connectivity index (χ1v) is 13.6. The van der Waals surface area contributed by atoms with E-state index in [2.05, 4.69) is 0 Å². The number of esters is 2. The summed E-state index contributed by atoms with van der Waals surface area (Å²) in [5, 5.41) is 0.0451. The first kappa shape index (κ1) is 27.6. The number of thioether (sulfide) groups is 1. The zero-order chi connectivity index (χ0) is 27.3. The second kappa shape index (κ2) is 12.0. The Morgan fingerprint density at radius 2 is 1.45 bits per heavy atom. The normalized spacial score (nSPS) is 19.2. The molecule has 1 aliphatic heterocycles. The van der Waals surface area contributed by atoms with Crippen molar-refractivity contribution in [1.29, 1.82) is 0 Å². The van der Waals surface area contributed by atoms with Crippen LogP contribution in [0.1, 0.15) is 40.6 Å². The van der Waals surface area contributed by atoms with Gasteiger partial charge >= 0.3 is 11.9 Å². The summed E-state index contributed by atoms with van der Waals surface area (Å²) in [6.07, 6.45) is 0. The van der Waals surface area contributed by atoms with Gasteiger partial charge < -0.3 is 9.47 Å². The fourth-order valence-electron chi connectivity index (χ4n) is 4.52. The van der Waals surface area contributed by atoms with E-state index in [1.807, 2.05) is 19.1 Å². The molecule has 4 rings (SSSR count). The molecule has 1 fully saturated rings. The molecule has 0 radical (unpaired) electrons. The average Bonchev–Trinajstić information content (AvgIpc) is 3.26. The van der Waals surface area contributed by atoms with Gasteiger partial charge in [0.25, 0.3) is 0 Å². The molecule has 1 saturated heterocycles. The van der Waals surface area contributed by atoms with E-state index in [-0.39, 0.29) is 24.0 Å². The Kier molecular flexibility index (Phi) is 8.69. The smallest absolute Gasteiger partial charge is 0.331 e. The molecule has 38 heavy (non-hydrogen) atoms. The van der Waals surface area contributed by atoms with E-state index >= 15 is 0 Å². The Balaban J connectivity index is 2.02. The Morgan fingerprint density at radius 1 is 0.868 bits per heavy atom. The van der Waals surface area contributed by atoms with Crippen LogP contribution in [0.3, 0.4) is 0 Å². The minimum atomic E-state index is -2.10. The maximum absolute atomic E-state index is 14.3. The highest BCUT2D eigenvalue weighted by Gasteiger charge is 2.68. The average molecular weight is 550 g/mol. The predicted octanol–water partition coefficient (Wildman–Crippen LogP) is 6.78. The van der Waals surface area contributed by atoms with E-state index in [9.17, 15) is 14.4 Å². The van der Waals surface area contributed by atoms with Crippen LogP contribution in [0.4, 0.5) is 5.69 Å². The van der Waals surface area contributed by atoms with Crippen LogP contribution in [-0.2, 0) is 19.1 Å². The first-order chi connectivity index (χ1) is 18.3. The van der Waals surface area contributed by atoms with Crippen LogP contribution in [0.2, 0.25) is 5.02 Å². The van der Waals surface area contributed by atoms with Crippen LogP contribution >= 0.6 is 23.4 Å². The highest BCUT2D eigenvalue weighted by atomic mass is 35.5. The maximum Gasteiger partial charge on any atom is 0.331 e. The second-order valence-electron chi connectivity index (χ2n) is 8.80. The minimum absolute atomic E-state index is 0.0142. The third-order valence-corrected chi connectivity index (χ3v) is 8.03. The zero-order valence-corrected chi connectivity index (χ0v) is 22.9. The fourth-order valence-corrected chi connectivity index (χ4v) is 6.28. The fraction of sp³-hybridized carbons (Fsp3) is 0.267. The minimum Gasteiger partial charge on any atom is -0.465 e. The van der Waals surface area contributed by atoms with Crippen LogP contribution in [0.25, 0.3) is 0 Å². The van der Waals surface area contributed by atoms with Gasteiger partial charge in [-0.1, -0.05) is 83.5 Å². The van der Waals surface area contributed by atoms with E-state index in [0.717, 1.165) is 11.1 Å². The monoisotopic (exact) mass is 549 g/mol. The quantitative estimate of drug-likeness (QED) is 0.175. The number of carbonyl (C=O) groups excluding carboxylic acids is 3. The number of nitrogens with zero attached hydrogens (tertiary/aromatic N) is 1. The van der Waals surface area contributed by atoms with Crippen molar-refractivity contribution in [2.24, 2.45) is 16.3 Å². The van der Waals surface area contributed by atoms with Gasteiger partial charge in [0.1, 0.15) is 5.04 Å². The summed E-state index contributed by atoms with van der Waals surface area (Å²) in [6.45, 7) is 5.29. The van der Waals surface area contributed by atoms with Crippen LogP contribution < -0.4 is 0 Å². The third kappa shape index (κ3) is 5.26. The molecule has 6 nitrogen and oxygen atoms in total. The maximum atomic E-state index is 14.3. The summed E-state index contributed by atoms with van der Waals surface area (Å²) >= 11 is 7.36. The van der Waals surface area contributed by atoms with E-state index in [1.54, 1.807) is 80.6 Å². The topological polar surface area (TPSA) is 82.0 Å². The van der Waals surface area contributed by atoms with Crippen molar-refractivity contribution in [2.45, 2.75) is 26.0 Å². The first-order valence-electron chi connectivity index (χ1n) is 12.3. The second-order valence-corrected chi connectivity index (χ2v) is 10.4. The van der Waals surface area contributed by atoms with Crippen molar-refractivity contribution in [1.82, 2.24) is 0 Å². The van der Waals surface area contributed by atoms with Crippen molar-refractivity contribution < 1.29 is 23.9 Å². The molecular weight excluding hydrogens is 522 g/mol. The number of Topliss-reactive ketones (excluding diaryl/α,β-unsaturated/α-hetero) is 1. The Bertz CT molecular complexity index is 1320. The lowest BCUT2D eigenvalue weighted by Gasteiger charge is -2.31. The van der Waals surface area contributed by atoms with Crippen LogP contribution in [-0.4, -0.2) is 36.0 Å². The van der Waals surface area contributed by atoms with Gasteiger partial charge in [-0.05, 0) is 50.6 Å². The van der Waals surface area contributed by atoms with E-state index < -0.39 is 28.5 Å². The van der Waals surface area contributed by atoms with Gasteiger partial charge in [-0.3, -0.25) is 14.4 Å². The van der Waals surface area contributed by atoms with Gasteiger partial charge in [-0.25, -0.2) is 4.99 Å². The van der Waals surface area contributed by atoms with Gasteiger partial charge in [0, 0.05) is 15.8 Å². The highest BCUT2D eigenvalue weighted by Crippen LogP contribution is 2.59. The van der Waals surface area contributed by atoms with Gasteiger partial charge in [0.05, 0.1) is 24.8 Å². The molecule has 0 aromatic heterocycles. The van der Waals surface area contributed by atoms with Crippen LogP contribution in [0.15, 0.2) is 83.9 Å². The number of aliphatic imine (C=N–C) groups is 1. The predicted molar refractivity (Wildman–Crippen MR) is 150 cm³/mol. The molecule has 0 aliphatic carbocycles. The van der Waals surface area contributed by atoms with Crippen molar-refractivity contribution in [2.75, 3.05) is 13.2 Å². The highest BCUT2D eigenvalue weighted by molar-refractivity contribution is 8.14. The summed E-state index contributed by atoms with van der Waals surface area (Å²) < 4.78 is 11.0. The number of benzene rings is 3. The number of rotatable bonds is 8. The summed E-state index contributed by atoms with van der Waals surface area (Å²) in [5.74, 6) is -3.28. The van der Waals surface area contributed by atoms with Crippen molar-refractivity contribution >= 4 is 51.8 Å². The van der Waals surface area contributed by atoms with Gasteiger partial charge in [0.2, 0.25) is 5.41 Å². The molecule has 0 spiro atoms. The zero-order valence-electron chi connectivity index (χ0n) is 21.3. The summed E-state index contributed by atoms with van der Waals surface area (Å²) in [5.41, 5.74) is 0.566.